The van der Waals surface area contributed by atoms with E-state index in [1.807, 2.05) is 6.92 Å². The van der Waals surface area contributed by atoms with Gasteiger partial charge in [-0.3, -0.25) is 4.90 Å². The number of fused-ring (bicyclic) bond motifs is 1. The van der Waals surface area contributed by atoms with Gasteiger partial charge in [-0.1, -0.05) is 23.3 Å². The molecule has 2 heterocycles. The largest absolute Gasteiger partial charge is 0.345 e. The molecule has 1 aromatic rings. The highest BCUT2D eigenvalue weighted by molar-refractivity contribution is 5.17. The Morgan fingerprint density at radius 1 is 1.30 bits per heavy atom. The SMILES string of the molecule is CC(C)=CCCC(C)=CCN1CCc2nc(C)[nH]c2C1. The van der Waals surface area contributed by atoms with Crippen LogP contribution in [-0.2, 0) is 13.0 Å². The van der Waals surface area contributed by atoms with Crippen LogP contribution in [0.1, 0.15) is 50.8 Å². The summed E-state index contributed by atoms with van der Waals surface area (Å²) in [7, 11) is 0. The van der Waals surface area contributed by atoms with Crippen molar-refractivity contribution in [2.45, 2.75) is 53.5 Å². The number of imidazole rings is 1. The first-order valence-electron chi connectivity index (χ1n) is 7.60. The van der Waals surface area contributed by atoms with Crippen LogP contribution in [0, 0.1) is 6.92 Å². The number of hydrogen-bond acceptors (Lipinski definition) is 2. The Bertz CT molecular complexity index is 504. The topological polar surface area (TPSA) is 31.9 Å². The van der Waals surface area contributed by atoms with Gasteiger partial charge in [-0.05, 0) is 40.5 Å². The highest BCUT2D eigenvalue weighted by Crippen LogP contribution is 2.16. The van der Waals surface area contributed by atoms with Crippen LogP contribution in [0.4, 0.5) is 0 Å². The van der Waals surface area contributed by atoms with E-state index in [0.717, 1.165) is 38.3 Å². The van der Waals surface area contributed by atoms with Crippen molar-refractivity contribution in [2.24, 2.45) is 0 Å². The summed E-state index contributed by atoms with van der Waals surface area (Å²) in [5.74, 6) is 1.05. The van der Waals surface area contributed by atoms with Gasteiger partial charge in [0.2, 0.25) is 0 Å². The third-order valence-corrected chi connectivity index (χ3v) is 3.82. The second-order valence-corrected chi connectivity index (χ2v) is 6.10. The van der Waals surface area contributed by atoms with E-state index in [-0.39, 0.29) is 0 Å². The summed E-state index contributed by atoms with van der Waals surface area (Å²) >= 11 is 0. The Morgan fingerprint density at radius 2 is 2.10 bits per heavy atom. The molecule has 0 unspecified atom stereocenters. The van der Waals surface area contributed by atoms with Crippen molar-refractivity contribution in [2.75, 3.05) is 13.1 Å². The summed E-state index contributed by atoms with van der Waals surface area (Å²) in [6.07, 6.45) is 8.11. The van der Waals surface area contributed by atoms with Crippen LogP contribution in [0.2, 0.25) is 0 Å². The normalized spacial score (nSPS) is 16.1. The van der Waals surface area contributed by atoms with E-state index in [0.29, 0.717) is 0 Å². The first kappa shape index (κ1) is 15.0. The summed E-state index contributed by atoms with van der Waals surface area (Å²) in [6.45, 7) is 11.8. The molecule has 0 aromatic carbocycles. The van der Waals surface area contributed by atoms with E-state index in [1.54, 1.807) is 0 Å². The fourth-order valence-corrected chi connectivity index (χ4v) is 2.62. The standard InChI is InChI=1S/C17H27N3/c1-13(2)6-5-7-14(3)8-10-20-11-9-16-17(12-20)19-15(4)18-16/h6,8H,5,7,9-12H2,1-4H3,(H,18,19). The Balaban J connectivity index is 1.81. The number of nitrogens with zero attached hydrogens (tertiary/aromatic N) is 2. The average molecular weight is 273 g/mol. The van der Waals surface area contributed by atoms with Crippen molar-refractivity contribution < 1.29 is 0 Å². The lowest BCUT2D eigenvalue weighted by Gasteiger charge is -2.24. The second-order valence-electron chi connectivity index (χ2n) is 6.10. The molecule has 2 rings (SSSR count). The highest BCUT2D eigenvalue weighted by Gasteiger charge is 2.18. The van der Waals surface area contributed by atoms with Crippen molar-refractivity contribution in [1.29, 1.82) is 0 Å². The van der Waals surface area contributed by atoms with Crippen molar-refractivity contribution in [3.05, 3.63) is 40.5 Å². The molecule has 1 aromatic heterocycles. The van der Waals surface area contributed by atoms with Crippen LogP contribution in [0.25, 0.3) is 0 Å². The van der Waals surface area contributed by atoms with Crippen LogP contribution in [0.15, 0.2) is 23.3 Å². The molecular formula is C17H27N3. The van der Waals surface area contributed by atoms with Gasteiger partial charge in [0.1, 0.15) is 5.82 Å². The van der Waals surface area contributed by atoms with Crippen LogP contribution < -0.4 is 0 Å². The Kier molecular flexibility index (Phi) is 5.18. The number of aryl methyl sites for hydroxylation is 1. The predicted octanol–water partition coefficient (Wildman–Crippen LogP) is 3.77. The van der Waals surface area contributed by atoms with Crippen molar-refractivity contribution in [3.63, 3.8) is 0 Å². The molecule has 0 saturated heterocycles. The molecule has 0 fully saturated rings. The number of rotatable bonds is 5. The van der Waals surface area contributed by atoms with E-state index in [4.69, 9.17) is 0 Å². The fourth-order valence-electron chi connectivity index (χ4n) is 2.62. The molecule has 1 aliphatic rings. The third kappa shape index (κ3) is 4.34. The third-order valence-electron chi connectivity index (χ3n) is 3.82. The van der Waals surface area contributed by atoms with Gasteiger partial charge < -0.3 is 4.98 Å². The maximum atomic E-state index is 4.53. The van der Waals surface area contributed by atoms with Crippen LogP contribution in [0.3, 0.4) is 0 Å². The highest BCUT2D eigenvalue weighted by atomic mass is 15.1. The summed E-state index contributed by atoms with van der Waals surface area (Å²) in [5.41, 5.74) is 5.48. The molecule has 20 heavy (non-hydrogen) atoms. The van der Waals surface area contributed by atoms with E-state index >= 15 is 0 Å². The summed E-state index contributed by atoms with van der Waals surface area (Å²) < 4.78 is 0. The molecule has 0 amide bonds. The van der Waals surface area contributed by atoms with Crippen molar-refractivity contribution in [3.8, 4) is 0 Å². The Morgan fingerprint density at radius 3 is 2.85 bits per heavy atom. The van der Waals surface area contributed by atoms with E-state index in [9.17, 15) is 0 Å². The average Bonchev–Trinajstić information content (AvgIpc) is 2.75. The molecule has 110 valence electrons. The second kappa shape index (κ2) is 6.89. The molecule has 0 bridgehead atoms. The van der Waals surface area contributed by atoms with Crippen molar-refractivity contribution in [1.82, 2.24) is 14.9 Å². The van der Waals surface area contributed by atoms with E-state index in [1.165, 1.54) is 29.0 Å². The van der Waals surface area contributed by atoms with Crippen LogP contribution >= 0.6 is 0 Å². The number of aromatic amines is 1. The molecule has 3 nitrogen and oxygen atoms in total. The minimum Gasteiger partial charge on any atom is -0.345 e. The zero-order chi connectivity index (χ0) is 14.5. The smallest absolute Gasteiger partial charge is 0.103 e. The summed E-state index contributed by atoms with van der Waals surface area (Å²) in [6, 6.07) is 0. The molecule has 0 radical (unpaired) electrons. The van der Waals surface area contributed by atoms with E-state index < -0.39 is 0 Å². The summed E-state index contributed by atoms with van der Waals surface area (Å²) in [4.78, 5) is 10.4. The zero-order valence-electron chi connectivity index (χ0n) is 13.3. The molecule has 3 heteroatoms. The van der Waals surface area contributed by atoms with Gasteiger partial charge in [-0.2, -0.15) is 0 Å². The lowest BCUT2D eigenvalue weighted by Crippen LogP contribution is -2.30. The number of aromatic nitrogens is 2. The Hall–Kier alpha value is -1.35. The molecule has 0 atom stereocenters. The van der Waals surface area contributed by atoms with Crippen LogP contribution in [-0.4, -0.2) is 28.0 Å². The quantitative estimate of drug-likeness (QED) is 0.828. The monoisotopic (exact) mass is 273 g/mol. The van der Waals surface area contributed by atoms with Gasteiger partial charge in [-0.15, -0.1) is 0 Å². The van der Waals surface area contributed by atoms with Gasteiger partial charge in [0, 0.05) is 26.1 Å². The lowest BCUT2D eigenvalue weighted by molar-refractivity contribution is 0.276. The minimum absolute atomic E-state index is 1.01. The first-order valence-corrected chi connectivity index (χ1v) is 7.60. The fraction of sp³-hybridized carbons (Fsp3) is 0.588. The number of nitrogens with one attached hydrogen (secondary N) is 1. The minimum atomic E-state index is 1.01. The number of hydrogen-bond donors (Lipinski definition) is 1. The van der Waals surface area contributed by atoms with Crippen LogP contribution in [0.5, 0.6) is 0 Å². The van der Waals surface area contributed by atoms with E-state index in [2.05, 4.69) is 47.8 Å². The molecular weight excluding hydrogens is 246 g/mol. The maximum absolute atomic E-state index is 4.53. The molecule has 0 aliphatic carbocycles. The summed E-state index contributed by atoms with van der Waals surface area (Å²) in [5, 5.41) is 0. The molecule has 1 aliphatic heterocycles. The number of allylic oxidation sites excluding steroid dienone is 3. The Labute approximate surface area is 122 Å². The first-order chi connectivity index (χ1) is 9.54. The van der Waals surface area contributed by atoms with Gasteiger partial charge >= 0.3 is 0 Å². The lowest BCUT2D eigenvalue weighted by atomic mass is 10.1. The van der Waals surface area contributed by atoms with Gasteiger partial charge in [0.05, 0.1) is 11.4 Å². The van der Waals surface area contributed by atoms with Crippen molar-refractivity contribution >= 4 is 0 Å². The maximum Gasteiger partial charge on any atom is 0.103 e. The number of H-pyrrole nitrogens is 1. The molecule has 1 N–H and O–H groups in total. The molecule has 0 spiro atoms. The van der Waals surface area contributed by atoms with Gasteiger partial charge in [0.15, 0.2) is 0 Å². The molecule has 0 saturated carbocycles. The van der Waals surface area contributed by atoms with Gasteiger partial charge in [0.25, 0.3) is 0 Å². The zero-order valence-corrected chi connectivity index (χ0v) is 13.3. The predicted molar refractivity (Wildman–Crippen MR) is 84.7 cm³/mol. The van der Waals surface area contributed by atoms with Gasteiger partial charge in [-0.25, -0.2) is 4.98 Å².